The highest BCUT2D eigenvalue weighted by Crippen LogP contribution is 2.33. The van der Waals surface area contributed by atoms with Crippen LogP contribution in [0.3, 0.4) is 0 Å². The molecular weight excluding hydrogens is 384 g/mol. The van der Waals surface area contributed by atoms with Crippen molar-refractivity contribution in [3.05, 3.63) is 84.3 Å². The van der Waals surface area contributed by atoms with E-state index < -0.39 is 5.92 Å². The van der Waals surface area contributed by atoms with Gasteiger partial charge < -0.3 is 4.42 Å². The number of furan rings is 1. The van der Waals surface area contributed by atoms with Crippen LogP contribution in [-0.4, -0.2) is 22.8 Å². The van der Waals surface area contributed by atoms with Gasteiger partial charge >= 0.3 is 0 Å². The number of amides is 1. The smallest absolute Gasteiger partial charge is 0.264 e. The van der Waals surface area contributed by atoms with Crippen molar-refractivity contribution in [1.29, 1.82) is 0 Å². The molecule has 1 aliphatic rings. The van der Waals surface area contributed by atoms with Gasteiger partial charge in [-0.3, -0.25) is 9.79 Å². The molecule has 0 aliphatic carbocycles. The molecule has 0 N–H and O–H groups in total. The van der Waals surface area contributed by atoms with E-state index in [9.17, 15) is 4.79 Å². The average Bonchev–Trinajstić information content (AvgIpc) is 3.48. The lowest BCUT2D eigenvalue weighted by Crippen LogP contribution is -2.28. The van der Waals surface area contributed by atoms with Crippen LogP contribution in [-0.2, 0) is 11.3 Å². The number of rotatable bonds is 5. The van der Waals surface area contributed by atoms with Crippen molar-refractivity contribution in [1.82, 2.24) is 4.98 Å². The Bertz CT molecular complexity index is 1180. The van der Waals surface area contributed by atoms with E-state index in [2.05, 4.69) is 15.1 Å². The molecule has 7 heteroatoms. The van der Waals surface area contributed by atoms with Crippen LogP contribution in [0.25, 0.3) is 10.2 Å². The van der Waals surface area contributed by atoms with E-state index >= 15 is 0 Å². The lowest BCUT2D eigenvalue weighted by molar-refractivity contribution is -0.118. The Morgan fingerprint density at radius 1 is 1.07 bits per heavy atom. The van der Waals surface area contributed by atoms with Crippen LogP contribution >= 0.6 is 11.3 Å². The highest BCUT2D eigenvalue weighted by molar-refractivity contribution is 7.22. The fourth-order valence-electron chi connectivity index (χ4n) is 3.19. The van der Waals surface area contributed by atoms with Crippen LogP contribution in [0.2, 0.25) is 0 Å². The zero-order chi connectivity index (χ0) is 19.6. The quantitative estimate of drug-likeness (QED) is 0.462. The molecule has 142 valence electrons. The van der Waals surface area contributed by atoms with E-state index in [1.54, 1.807) is 12.5 Å². The summed E-state index contributed by atoms with van der Waals surface area (Å²) >= 11 is 1.45. The molecule has 1 amide bonds. The van der Waals surface area contributed by atoms with Crippen molar-refractivity contribution in [3.63, 3.8) is 0 Å². The molecule has 0 saturated heterocycles. The van der Waals surface area contributed by atoms with Crippen LogP contribution in [0, 0.1) is 5.92 Å². The van der Waals surface area contributed by atoms with Crippen LogP contribution in [0.15, 0.2) is 87.5 Å². The van der Waals surface area contributed by atoms with Gasteiger partial charge in [0.05, 0.1) is 28.7 Å². The molecule has 2 aromatic carbocycles. The average molecular weight is 400 g/mol. The normalized spacial score (nSPS) is 16.8. The number of carbonyl (C=O) groups is 1. The van der Waals surface area contributed by atoms with Crippen molar-refractivity contribution in [2.24, 2.45) is 16.0 Å². The number of thiazole rings is 1. The maximum absolute atomic E-state index is 13.2. The zero-order valence-corrected chi connectivity index (χ0v) is 16.1. The van der Waals surface area contributed by atoms with Gasteiger partial charge in [-0.1, -0.05) is 53.8 Å². The van der Waals surface area contributed by atoms with Crippen molar-refractivity contribution in [2.45, 2.75) is 6.54 Å². The minimum absolute atomic E-state index is 0.161. The Labute approximate surface area is 170 Å². The Morgan fingerprint density at radius 3 is 2.69 bits per heavy atom. The van der Waals surface area contributed by atoms with E-state index in [0.717, 1.165) is 21.5 Å². The molecular formula is C22H16N4O2S. The van der Waals surface area contributed by atoms with Gasteiger partial charge in [-0.15, -0.1) is 0 Å². The SMILES string of the molecule is O=C1[C@H](C=NCc2ccco2)C(c2ccccc2)=NN1c1nc2ccccc2s1. The monoisotopic (exact) mass is 400 g/mol. The van der Waals surface area contributed by atoms with Gasteiger partial charge in [0.2, 0.25) is 5.13 Å². The molecule has 0 spiro atoms. The van der Waals surface area contributed by atoms with Crippen LogP contribution in [0.4, 0.5) is 5.13 Å². The number of hydrogen-bond donors (Lipinski definition) is 0. The number of nitrogens with zero attached hydrogens (tertiary/aromatic N) is 4. The lowest BCUT2D eigenvalue weighted by atomic mass is 9.98. The first kappa shape index (κ1) is 17.5. The third-order valence-electron chi connectivity index (χ3n) is 4.59. The Hall–Kier alpha value is -3.58. The number of aliphatic imine (C=N–C) groups is 1. The molecule has 5 rings (SSSR count). The number of para-hydroxylation sites is 1. The van der Waals surface area contributed by atoms with Crippen molar-refractivity contribution in [3.8, 4) is 0 Å². The zero-order valence-electron chi connectivity index (χ0n) is 15.3. The first-order chi connectivity index (χ1) is 14.3. The largest absolute Gasteiger partial charge is 0.467 e. The summed E-state index contributed by atoms with van der Waals surface area (Å²) in [6, 6.07) is 21.2. The van der Waals surface area contributed by atoms with Crippen LogP contribution < -0.4 is 5.01 Å². The maximum atomic E-state index is 13.2. The van der Waals surface area contributed by atoms with Gasteiger partial charge in [0, 0.05) is 6.21 Å². The summed E-state index contributed by atoms with van der Waals surface area (Å²) in [5, 5.41) is 6.60. The van der Waals surface area contributed by atoms with Crippen molar-refractivity contribution >= 4 is 44.5 Å². The van der Waals surface area contributed by atoms with Crippen molar-refractivity contribution < 1.29 is 9.21 Å². The van der Waals surface area contributed by atoms with Crippen LogP contribution in [0.5, 0.6) is 0 Å². The van der Waals surface area contributed by atoms with Gasteiger partial charge in [0.25, 0.3) is 5.91 Å². The van der Waals surface area contributed by atoms with E-state index in [1.807, 2.05) is 66.7 Å². The number of anilines is 1. The molecule has 0 radical (unpaired) electrons. The topological polar surface area (TPSA) is 71.1 Å². The van der Waals surface area contributed by atoms with Gasteiger partial charge in [-0.2, -0.15) is 10.1 Å². The predicted molar refractivity (Wildman–Crippen MR) is 114 cm³/mol. The molecule has 1 aliphatic heterocycles. The first-order valence-corrected chi connectivity index (χ1v) is 9.97. The highest BCUT2D eigenvalue weighted by atomic mass is 32.1. The summed E-state index contributed by atoms with van der Waals surface area (Å²) < 4.78 is 6.33. The van der Waals surface area contributed by atoms with Crippen molar-refractivity contribution in [2.75, 3.05) is 5.01 Å². The van der Waals surface area contributed by atoms with E-state index in [0.29, 0.717) is 17.4 Å². The summed E-state index contributed by atoms with van der Waals surface area (Å²) in [6.45, 7) is 0.375. The van der Waals surface area contributed by atoms with E-state index in [1.165, 1.54) is 16.3 Å². The fourth-order valence-corrected chi connectivity index (χ4v) is 4.11. The Kier molecular flexibility index (Phi) is 4.50. The summed E-state index contributed by atoms with van der Waals surface area (Å²) in [5.41, 5.74) is 2.41. The maximum Gasteiger partial charge on any atom is 0.264 e. The Morgan fingerprint density at radius 2 is 1.90 bits per heavy atom. The summed E-state index contributed by atoms with van der Waals surface area (Å²) in [4.78, 5) is 22.2. The number of aromatic nitrogens is 1. The number of benzene rings is 2. The molecule has 0 saturated carbocycles. The number of fused-ring (bicyclic) bond motifs is 1. The van der Waals surface area contributed by atoms with Gasteiger partial charge in [-0.25, -0.2) is 4.98 Å². The Balaban J connectivity index is 1.50. The standard InChI is InChI=1S/C22H16N4O2S/c27-21-17(14-23-13-16-9-6-12-28-16)20(15-7-2-1-3-8-15)25-26(21)22-24-18-10-4-5-11-19(18)29-22/h1-12,14,17H,13H2/t17-/m1/s1. The van der Waals surface area contributed by atoms with Gasteiger partial charge in [0.1, 0.15) is 11.7 Å². The summed E-state index contributed by atoms with van der Waals surface area (Å²) in [6.07, 6.45) is 3.27. The molecule has 0 unspecified atom stereocenters. The van der Waals surface area contributed by atoms with Gasteiger partial charge in [0.15, 0.2) is 0 Å². The number of hydrogen-bond acceptors (Lipinski definition) is 6. The van der Waals surface area contributed by atoms with Gasteiger partial charge in [-0.05, 0) is 29.8 Å². The molecule has 0 fully saturated rings. The predicted octanol–water partition coefficient (Wildman–Crippen LogP) is 4.53. The molecule has 4 aromatic rings. The molecule has 3 heterocycles. The molecule has 6 nitrogen and oxygen atoms in total. The summed E-state index contributed by atoms with van der Waals surface area (Å²) in [7, 11) is 0. The second-order valence-corrected chi connectivity index (χ2v) is 7.52. The van der Waals surface area contributed by atoms with Crippen LogP contribution in [0.1, 0.15) is 11.3 Å². The number of carbonyl (C=O) groups excluding carboxylic acids is 1. The minimum Gasteiger partial charge on any atom is -0.467 e. The third-order valence-corrected chi connectivity index (χ3v) is 5.60. The highest BCUT2D eigenvalue weighted by Gasteiger charge is 2.37. The second kappa shape index (κ2) is 7.44. The van der Waals surface area contributed by atoms with E-state index in [4.69, 9.17) is 4.42 Å². The van der Waals surface area contributed by atoms with E-state index in [-0.39, 0.29) is 5.91 Å². The second-order valence-electron chi connectivity index (χ2n) is 6.51. The lowest BCUT2D eigenvalue weighted by Gasteiger charge is -2.08. The number of hydrazone groups is 1. The third kappa shape index (κ3) is 3.36. The first-order valence-electron chi connectivity index (χ1n) is 9.15. The molecule has 1 atom stereocenters. The minimum atomic E-state index is -0.570. The molecule has 2 aromatic heterocycles. The molecule has 0 bridgehead atoms. The molecule has 29 heavy (non-hydrogen) atoms. The fraction of sp³-hybridized carbons (Fsp3) is 0.0909. The summed E-state index contributed by atoms with van der Waals surface area (Å²) in [5.74, 6) is 0.0124.